The van der Waals surface area contributed by atoms with E-state index >= 15 is 0 Å². The molecule has 0 radical (unpaired) electrons. The van der Waals surface area contributed by atoms with Crippen LogP contribution in [0.2, 0.25) is 0 Å². The van der Waals surface area contributed by atoms with Gasteiger partial charge in [-0.3, -0.25) is 0 Å². The van der Waals surface area contributed by atoms with Crippen molar-refractivity contribution in [1.29, 1.82) is 0 Å². The summed E-state index contributed by atoms with van der Waals surface area (Å²) in [5.41, 5.74) is 1.75. The van der Waals surface area contributed by atoms with Crippen LogP contribution >= 0.6 is 12.4 Å². The van der Waals surface area contributed by atoms with Gasteiger partial charge in [0.15, 0.2) is 5.82 Å². The van der Waals surface area contributed by atoms with Crippen LogP contribution in [0, 0.1) is 18.6 Å². The number of fused-ring (bicyclic) bond motifs is 1. The zero-order valence-corrected chi connectivity index (χ0v) is 15.2. The molecule has 5 nitrogen and oxygen atoms in total. The van der Waals surface area contributed by atoms with Crippen molar-refractivity contribution in [3.63, 3.8) is 0 Å². The SMILES string of the molecule is Cc1nc(N2CCCCC2)c2[nH]c(-c3c(F)cccc3F)cc2n1.Cl.O. The molecule has 26 heavy (non-hydrogen) atoms. The van der Waals surface area contributed by atoms with Crippen molar-refractivity contribution in [3.05, 3.63) is 41.7 Å². The van der Waals surface area contributed by atoms with Crippen LogP contribution in [0.5, 0.6) is 0 Å². The third-order valence-electron chi connectivity index (χ3n) is 4.46. The van der Waals surface area contributed by atoms with Crippen molar-refractivity contribution in [2.45, 2.75) is 26.2 Å². The Morgan fingerprint density at radius 1 is 1.04 bits per heavy atom. The molecule has 1 saturated heterocycles. The minimum Gasteiger partial charge on any atom is -0.412 e. The van der Waals surface area contributed by atoms with E-state index in [0.29, 0.717) is 17.0 Å². The molecule has 3 N–H and O–H groups in total. The normalized spacial score (nSPS) is 14.0. The molecule has 8 heteroatoms. The van der Waals surface area contributed by atoms with Gasteiger partial charge in [-0.25, -0.2) is 18.7 Å². The van der Waals surface area contributed by atoms with E-state index in [2.05, 4.69) is 19.9 Å². The highest BCUT2D eigenvalue weighted by molar-refractivity contribution is 5.91. The molecule has 3 heterocycles. The molecule has 4 rings (SSSR count). The number of H-pyrrole nitrogens is 1. The van der Waals surface area contributed by atoms with Crippen LogP contribution in [-0.4, -0.2) is 33.5 Å². The molecule has 0 aliphatic carbocycles. The van der Waals surface area contributed by atoms with Gasteiger partial charge in [-0.2, -0.15) is 0 Å². The standard InChI is InChI=1S/C18H18F2N4.ClH.H2O/c1-11-21-15-10-14(16-12(19)6-5-7-13(16)20)23-17(15)18(22-11)24-8-3-2-4-9-24;;/h5-7,10,23H,2-4,8-9H2,1H3;1H;1H2. The minimum atomic E-state index is -0.592. The second-order valence-corrected chi connectivity index (χ2v) is 6.18. The summed E-state index contributed by atoms with van der Waals surface area (Å²) in [4.78, 5) is 14.4. The Bertz CT molecular complexity index is 889. The number of nitrogens with zero attached hydrogens (tertiary/aromatic N) is 3. The Hall–Kier alpha value is -2.25. The lowest BCUT2D eigenvalue weighted by Gasteiger charge is -2.28. The summed E-state index contributed by atoms with van der Waals surface area (Å²) >= 11 is 0. The Balaban J connectivity index is 0.00000121. The van der Waals surface area contributed by atoms with Gasteiger partial charge in [0, 0.05) is 13.1 Å². The average Bonchev–Trinajstić information content (AvgIpc) is 2.98. The number of rotatable bonds is 2. The average molecular weight is 383 g/mol. The van der Waals surface area contributed by atoms with Gasteiger partial charge in [-0.15, -0.1) is 12.4 Å². The van der Waals surface area contributed by atoms with Crippen molar-refractivity contribution in [1.82, 2.24) is 15.0 Å². The maximum Gasteiger partial charge on any atom is 0.156 e. The smallest absolute Gasteiger partial charge is 0.156 e. The highest BCUT2D eigenvalue weighted by Gasteiger charge is 2.20. The predicted octanol–water partition coefficient (Wildman–Crippen LogP) is 3.80. The van der Waals surface area contributed by atoms with E-state index < -0.39 is 11.6 Å². The number of halogens is 3. The largest absolute Gasteiger partial charge is 0.412 e. The lowest BCUT2D eigenvalue weighted by Crippen LogP contribution is -2.30. The molecule has 0 atom stereocenters. The number of nitrogens with one attached hydrogen (secondary N) is 1. The summed E-state index contributed by atoms with van der Waals surface area (Å²) in [5, 5.41) is 0. The molecular formula is C18H21ClF2N4O. The summed E-state index contributed by atoms with van der Waals surface area (Å²) in [7, 11) is 0. The van der Waals surface area contributed by atoms with Crippen LogP contribution in [0.3, 0.4) is 0 Å². The van der Waals surface area contributed by atoms with Crippen LogP contribution < -0.4 is 4.90 Å². The molecule has 3 aromatic rings. The number of hydrogen-bond acceptors (Lipinski definition) is 3. The Morgan fingerprint density at radius 3 is 2.35 bits per heavy atom. The highest BCUT2D eigenvalue weighted by atomic mass is 35.5. The van der Waals surface area contributed by atoms with Gasteiger partial charge >= 0.3 is 0 Å². The van der Waals surface area contributed by atoms with E-state index in [4.69, 9.17) is 0 Å². The second kappa shape index (κ2) is 7.97. The maximum atomic E-state index is 14.1. The van der Waals surface area contributed by atoms with E-state index in [-0.39, 0.29) is 23.4 Å². The Morgan fingerprint density at radius 2 is 1.69 bits per heavy atom. The first-order valence-electron chi connectivity index (χ1n) is 8.20. The number of aromatic amines is 1. The molecule has 0 amide bonds. The fourth-order valence-corrected chi connectivity index (χ4v) is 3.34. The number of hydrogen-bond donors (Lipinski definition) is 1. The first-order valence-corrected chi connectivity index (χ1v) is 8.20. The highest BCUT2D eigenvalue weighted by Crippen LogP contribution is 2.32. The first-order chi connectivity index (χ1) is 11.6. The number of benzene rings is 1. The molecule has 0 saturated carbocycles. The first kappa shape index (κ1) is 20.1. The topological polar surface area (TPSA) is 76.3 Å². The van der Waals surface area contributed by atoms with E-state index in [1.54, 1.807) is 6.07 Å². The fraction of sp³-hybridized carbons (Fsp3) is 0.333. The molecule has 1 aliphatic heterocycles. The van der Waals surface area contributed by atoms with Crippen molar-refractivity contribution in [2.24, 2.45) is 0 Å². The summed E-state index contributed by atoms with van der Waals surface area (Å²) in [6, 6.07) is 5.57. The summed E-state index contributed by atoms with van der Waals surface area (Å²) < 4.78 is 28.2. The summed E-state index contributed by atoms with van der Waals surface area (Å²) in [6.07, 6.45) is 3.47. The van der Waals surface area contributed by atoms with Gasteiger partial charge in [-0.05, 0) is 44.4 Å². The minimum absolute atomic E-state index is 0. The molecule has 0 unspecified atom stereocenters. The zero-order valence-electron chi connectivity index (χ0n) is 14.4. The monoisotopic (exact) mass is 382 g/mol. The van der Waals surface area contributed by atoms with E-state index in [1.165, 1.54) is 24.6 Å². The number of aryl methyl sites for hydroxylation is 1. The van der Waals surface area contributed by atoms with Crippen LogP contribution in [0.15, 0.2) is 24.3 Å². The molecule has 2 aromatic heterocycles. The zero-order chi connectivity index (χ0) is 16.7. The van der Waals surface area contributed by atoms with Crippen LogP contribution in [0.1, 0.15) is 25.1 Å². The van der Waals surface area contributed by atoms with Gasteiger partial charge < -0.3 is 15.4 Å². The van der Waals surface area contributed by atoms with Gasteiger partial charge in [0.2, 0.25) is 0 Å². The molecule has 0 bridgehead atoms. The lowest BCUT2D eigenvalue weighted by molar-refractivity contribution is 0.574. The fourth-order valence-electron chi connectivity index (χ4n) is 3.34. The van der Waals surface area contributed by atoms with E-state index in [0.717, 1.165) is 37.3 Å². The summed E-state index contributed by atoms with van der Waals surface area (Å²) in [6.45, 7) is 3.71. The van der Waals surface area contributed by atoms with E-state index in [1.807, 2.05) is 6.92 Å². The third-order valence-corrected chi connectivity index (χ3v) is 4.46. The summed E-state index contributed by atoms with van der Waals surface area (Å²) in [5.74, 6) is 0.291. The van der Waals surface area contributed by atoms with Gasteiger partial charge in [0.1, 0.15) is 23.0 Å². The van der Waals surface area contributed by atoms with Crippen LogP contribution in [0.4, 0.5) is 14.6 Å². The lowest BCUT2D eigenvalue weighted by atomic mass is 10.1. The molecule has 140 valence electrons. The van der Waals surface area contributed by atoms with Crippen molar-refractivity contribution in [2.75, 3.05) is 18.0 Å². The van der Waals surface area contributed by atoms with Gasteiger partial charge in [0.05, 0.1) is 16.8 Å². The third kappa shape index (κ3) is 3.50. The molecule has 0 spiro atoms. The number of piperidine rings is 1. The maximum absolute atomic E-state index is 14.1. The molecule has 1 aromatic carbocycles. The van der Waals surface area contributed by atoms with E-state index in [9.17, 15) is 8.78 Å². The van der Waals surface area contributed by atoms with Crippen molar-refractivity contribution in [3.8, 4) is 11.3 Å². The molecular weight excluding hydrogens is 362 g/mol. The predicted molar refractivity (Wildman–Crippen MR) is 101 cm³/mol. The van der Waals surface area contributed by atoms with Crippen molar-refractivity contribution >= 4 is 29.3 Å². The van der Waals surface area contributed by atoms with Gasteiger partial charge in [-0.1, -0.05) is 6.07 Å². The van der Waals surface area contributed by atoms with Crippen LogP contribution in [0.25, 0.3) is 22.3 Å². The quantitative estimate of drug-likeness (QED) is 0.732. The second-order valence-electron chi connectivity index (χ2n) is 6.18. The number of aromatic nitrogens is 3. The van der Waals surface area contributed by atoms with Gasteiger partial charge in [0.25, 0.3) is 0 Å². The molecule has 1 fully saturated rings. The Kier molecular flexibility index (Phi) is 6.15. The number of anilines is 1. The molecule has 1 aliphatic rings. The Labute approximate surface area is 156 Å². The van der Waals surface area contributed by atoms with Crippen LogP contribution in [-0.2, 0) is 0 Å². The van der Waals surface area contributed by atoms with Crippen molar-refractivity contribution < 1.29 is 14.3 Å².